The number of aryl methyl sites for hydroxylation is 1. The number of aromatic amines is 1. The van der Waals surface area contributed by atoms with Gasteiger partial charge in [-0.1, -0.05) is 29.8 Å². The number of amides is 1. The average Bonchev–Trinajstić information content (AvgIpc) is 2.82. The summed E-state index contributed by atoms with van der Waals surface area (Å²) in [6.07, 6.45) is 0.608. The number of benzene rings is 1. The van der Waals surface area contributed by atoms with E-state index in [9.17, 15) is 9.90 Å². The number of nitrogens with one attached hydrogen (secondary N) is 2. The Morgan fingerprint density at radius 3 is 2.89 bits per heavy atom. The molecule has 0 aliphatic carbocycles. The Morgan fingerprint density at radius 2 is 2.26 bits per heavy atom. The van der Waals surface area contributed by atoms with E-state index in [-0.39, 0.29) is 12.5 Å². The van der Waals surface area contributed by atoms with E-state index >= 15 is 0 Å². The Morgan fingerprint density at radius 1 is 1.53 bits per heavy atom. The van der Waals surface area contributed by atoms with E-state index in [4.69, 9.17) is 11.6 Å². The first-order valence-corrected chi connectivity index (χ1v) is 6.18. The molecule has 3 N–H and O–H groups in total. The van der Waals surface area contributed by atoms with Gasteiger partial charge in [-0.05, 0) is 13.0 Å². The van der Waals surface area contributed by atoms with E-state index in [2.05, 4.69) is 15.5 Å². The van der Waals surface area contributed by atoms with Crippen LogP contribution in [0.1, 0.15) is 27.7 Å². The first-order valence-electron chi connectivity index (χ1n) is 5.80. The van der Waals surface area contributed by atoms with Gasteiger partial charge in [0, 0.05) is 22.8 Å². The molecule has 2 aromatic rings. The zero-order chi connectivity index (χ0) is 13.8. The van der Waals surface area contributed by atoms with Gasteiger partial charge in [0.15, 0.2) is 0 Å². The Balaban J connectivity index is 1.98. The second-order valence-electron chi connectivity index (χ2n) is 4.16. The maximum atomic E-state index is 11.8. The number of halogens is 1. The molecule has 1 aromatic heterocycles. The lowest BCUT2D eigenvalue weighted by atomic mass is 10.1. The fourth-order valence-corrected chi connectivity index (χ4v) is 1.98. The van der Waals surface area contributed by atoms with E-state index in [1.165, 1.54) is 6.20 Å². The lowest BCUT2D eigenvalue weighted by Gasteiger charge is -2.13. The molecule has 0 aliphatic rings. The molecule has 1 atom stereocenters. The molecule has 0 unspecified atom stereocenters. The van der Waals surface area contributed by atoms with Gasteiger partial charge in [0.2, 0.25) is 0 Å². The Bertz CT molecular complexity index is 583. The van der Waals surface area contributed by atoms with Crippen molar-refractivity contribution in [1.82, 2.24) is 15.5 Å². The molecule has 0 saturated heterocycles. The molecular formula is C13H14ClN3O2. The van der Waals surface area contributed by atoms with Crippen LogP contribution in [0.4, 0.5) is 0 Å². The summed E-state index contributed by atoms with van der Waals surface area (Å²) in [6.45, 7) is 1.85. The molecule has 6 heteroatoms. The molecule has 2 rings (SSSR count). The molecular weight excluding hydrogens is 266 g/mol. The highest BCUT2D eigenvalue weighted by Gasteiger charge is 2.15. The number of aromatic nitrogens is 2. The first-order chi connectivity index (χ1) is 9.09. The van der Waals surface area contributed by atoms with Gasteiger partial charge < -0.3 is 10.4 Å². The SMILES string of the molecule is Cc1[nH]ncc1C(=O)NC[C@H](O)c1ccccc1Cl. The molecule has 0 aliphatic heterocycles. The van der Waals surface area contributed by atoms with Crippen LogP contribution in [0.5, 0.6) is 0 Å². The van der Waals surface area contributed by atoms with Gasteiger partial charge >= 0.3 is 0 Å². The Labute approximate surface area is 115 Å². The second-order valence-corrected chi connectivity index (χ2v) is 4.56. The smallest absolute Gasteiger partial charge is 0.254 e. The molecule has 0 radical (unpaired) electrons. The minimum absolute atomic E-state index is 0.0905. The maximum absolute atomic E-state index is 11.8. The third kappa shape index (κ3) is 3.13. The van der Waals surface area contributed by atoms with E-state index in [0.717, 1.165) is 0 Å². The van der Waals surface area contributed by atoms with Crippen LogP contribution < -0.4 is 5.32 Å². The molecule has 100 valence electrons. The highest BCUT2D eigenvalue weighted by molar-refractivity contribution is 6.31. The highest BCUT2D eigenvalue weighted by Crippen LogP contribution is 2.21. The summed E-state index contributed by atoms with van der Waals surface area (Å²) in [5, 5.41) is 19.6. The summed E-state index contributed by atoms with van der Waals surface area (Å²) in [6, 6.07) is 6.99. The molecule has 5 nitrogen and oxygen atoms in total. The fraction of sp³-hybridized carbons (Fsp3) is 0.231. The van der Waals surface area contributed by atoms with E-state index in [1.807, 2.05) is 0 Å². The van der Waals surface area contributed by atoms with Gasteiger partial charge in [0.05, 0.1) is 17.9 Å². The number of hydrogen-bond donors (Lipinski definition) is 3. The minimum Gasteiger partial charge on any atom is -0.387 e. The Hall–Kier alpha value is -1.85. The van der Waals surface area contributed by atoms with Crippen LogP contribution in [0.2, 0.25) is 5.02 Å². The standard InChI is InChI=1S/C13H14ClN3O2/c1-8-10(6-16-17-8)13(19)15-7-12(18)9-4-2-3-5-11(9)14/h2-6,12,18H,7H2,1H3,(H,15,19)(H,16,17)/t12-/m0/s1. The predicted molar refractivity (Wildman–Crippen MR) is 72.1 cm³/mol. The summed E-state index contributed by atoms with van der Waals surface area (Å²) in [5.74, 6) is -0.280. The second kappa shape index (κ2) is 5.86. The van der Waals surface area contributed by atoms with Crippen molar-refractivity contribution in [2.24, 2.45) is 0 Å². The topological polar surface area (TPSA) is 78.0 Å². The molecule has 0 bridgehead atoms. The molecule has 1 heterocycles. The van der Waals surface area contributed by atoms with Gasteiger partial charge in [-0.3, -0.25) is 9.89 Å². The van der Waals surface area contributed by atoms with E-state index < -0.39 is 6.10 Å². The van der Waals surface area contributed by atoms with Crippen LogP contribution in [0.3, 0.4) is 0 Å². The van der Waals surface area contributed by atoms with Crippen molar-refractivity contribution in [2.45, 2.75) is 13.0 Å². The van der Waals surface area contributed by atoms with Crippen molar-refractivity contribution in [3.8, 4) is 0 Å². The van der Waals surface area contributed by atoms with Gasteiger partial charge in [-0.15, -0.1) is 0 Å². The predicted octanol–water partition coefficient (Wildman–Crippen LogP) is 1.83. The van der Waals surface area contributed by atoms with E-state index in [0.29, 0.717) is 21.8 Å². The van der Waals surface area contributed by atoms with Crippen LogP contribution >= 0.6 is 11.6 Å². The fourth-order valence-electron chi connectivity index (χ4n) is 1.72. The number of aliphatic hydroxyl groups is 1. The molecule has 19 heavy (non-hydrogen) atoms. The first kappa shape index (κ1) is 13.6. The normalized spacial score (nSPS) is 12.2. The maximum Gasteiger partial charge on any atom is 0.254 e. The zero-order valence-electron chi connectivity index (χ0n) is 10.4. The minimum atomic E-state index is -0.843. The van der Waals surface area contributed by atoms with Crippen LogP contribution in [-0.4, -0.2) is 27.8 Å². The number of rotatable bonds is 4. The third-order valence-corrected chi connectivity index (χ3v) is 3.14. The zero-order valence-corrected chi connectivity index (χ0v) is 11.1. The molecule has 1 aromatic carbocycles. The van der Waals surface area contributed by atoms with Crippen molar-refractivity contribution in [1.29, 1.82) is 0 Å². The number of aliphatic hydroxyl groups excluding tert-OH is 1. The Kier molecular flexibility index (Phi) is 4.19. The lowest BCUT2D eigenvalue weighted by Crippen LogP contribution is -2.28. The molecule has 0 saturated carbocycles. The average molecular weight is 280 g/mol. The highest BCUT2D eigenvalue weighted by atomic mass is 35.5. The van der Waals surface area contributed by atoms with E-state index in [1.54, 1.807) is 31.2 Å². The van der Waals surface area contributed by atoms with Gasteiger partial charge in [-0.25, -0.2) is 0 Å². The number of carbonyl (C=O) groups is 1. The van der Waals surface area contributed by atoms with Crippen molar-refractivity contribution >= 4 is 17.5 Å². The monoisotopic (exact) mass is 279 g/mol. The van der Waals surface area contributed by atoms with Gasteiger partial charge in [0.1, 0.15) is 0 Å². The largest absolute Gasteiger partial charge is 0.387 e. The van der Waals surface area contributed by atoms with Crippen LogP contribution in [0, 0.1) is 6.92 Å². The van der Waals surface area contributed by atoms with Gasteiger partial charge in [-0.2, -0.15) is 5.10 Å². The quantitative estimate of drug-likeness (QED) is 0.799. The number of nitrogens with zero attached hydrogens (tertiary/aromatic N) is 1. The summed E-state index contributed by atoms with van der Waals surface area (Å²) < 4.78 is 0. The number of H-pyrrole nitrogens is 1. The van der Waals surface area contributed by atoms with Crippen molar-refractivity contribution < 1.29 is 9.90 Å². The van der Waals surface area contributed by atoms with Crippen molar-refractivity contribution in [2.75, 3.05) is 6.54 Å². The number of hydrogen-bond acceptors (Lipinski definition) is 3. The van der Waals surface area contributed by atoms with Crippen LogP contribution in [0.25, 0.3) is 0 Å². The molecule has 0 fully saturated rings. The van der Waals surface area contributed by atoms with Crippen LogP contribution in [0.15, 0.2) is 30.5 Å². The summed E-state index contributed by atoms with van der Waals surface area (Å²) in [7, 11) is 0. The molecule has 0 spiro atoms. The molecule has 1 amide bonds. The van der Waals surface area contributed by atoms with Crippen LogP contribution in [-0.2, 0) is 0 Å². The van der Waals surface area contributed by atoms with Crippen molar-refractivity contribution in [3.05, 3.63) is 52.3 Å². The number of carbonyl (C=O) groups excluding carboxylic acids is 1. The van der Waals surface area contributed by atoms with Gasteiger partial charge in [0.25, 0.3) is 5.91 Å². The summed E-state index contributed by atoms with van der Waals surface area (Å²) in [4.78, 5) is 11.8. The third-order valence-electron chi connectivity index (χ3n) is 2.79. The summed E-state index contributed by atoms with van der Waals surface area (Å²) in [5.41, 5.74) is 1.74. The van der Waals surface area contributed by atoms with Crippen molar-refractivity contribution in [3.63, 3.8) is 0 Å². The lowest BCUT2D eigenvalue weighted by molar-refractivity contribution is 0.0916. The summed E-state index contributed by atoms with van der Waals surface area (Å²) >= 11 is 5.97.